The summed E-state index contributed by atoms with van der Waals surface area (Å²) in [5.74, 6) is -0.487. The van der Waals surface area contributed by atoms with E-state index in [1.807, 2.05) is 0 Å². The minimum atomic E-state index is -0.305. The number of aromatic nitrogens is 2. The van der Waals surface area contributed by atoms with E-state index >= 15 is 0 Å². The van der Waals surface area contributed by atoms with Gasteiger partial charge in [0, 0.05) is 19.3 Å². The summed E-state index contributed by atoms with van der Waals surface area (Å²) in [6, 6.07) is 5.93. The summed E-state index contributed by atoms with van der Waals surface area (Å²) < 4.78 is 19.9. The number of carbonyl (C=O) groups excluding carboxylic acids is 1. The lowest BCUT2D eigenvalue weighted by molar-refractivity contribution is 0.0858. The van der Waals surface area contributed by atoms with Crippen LogP contribution < -0.4 is 5.32 Å². The largest absolute Gasteiger partial charge is 0.376 e. The summed E-state index contributed by atoms with van der Waals surface area (Å²) in [6.07, 6.45) is 5.26. The van der Waals surface area contributed by atoms with Crippen LogP contribution in [-0.2, 0) is 4.74 Å². The monoisotopic (exact) mass is 289 g/mol. The first kappa shape index (κ1) is 13.8. The van der Waals surface area contributed by atoms with Crippen molar-refractivity contribution >= 4 is 5.91 Å². The first-order chi connectivity index (χ1) is 10.2. The Balaban J connectivity index is 1.63. The Hall–Kier alpha value is -2.21. The fourth-order valence-corrected chi connectivity index (χ4v) is 2.29. The van der Waals surface area contributed by atoms with Crippen LogP contribution in [0.2, 0.25) is 0 Å². The first-order valence-electron chi connectivity index (χ1n) is 6.93. The summed E-state index contributed by atoms with van der Waals surface area (Å²) in [5.41, 5.74) is 1.17. The van der Waals surface area contributed by atoms with Gasteiger partial charge in [-0.2, -0.15) is 5.10 Å². The second kappa shape index (κ2) is 6.05. The summed E-state index contributed by atoms with van der Waals surface area (Å²) in [7, 11) is 0. The van der Waals surface area contributed by atoms with Gasteiger partial charge in [0.1, 0.15) is 5.82 Å². The number of carbonyl (C=O) groups is 1. The lowest BCUT2D eigenvalue weighted by Crippen LogP contribution is -2.31. The quantitative estimate of drug-likeness (QED) is 0.935. The molecule has 2 aromatic rings. The number of ether oxygens (including phenoxy) is 1. The molecule has 3 rings (SSSR count). The van der Waals surface area contributed by atoms with Crippen molar-refractivity contribution in [1.82, 2.24) is 15.1 Å². The van der Waals surface area contributed by atoms with Gasteiger partial charge in [0.25, 0.3) is 5.91 Å². The Bertz CT molecular complexity index is 618. The summed E-state index contributed by atoms with van der Waals surface area (Å²) >= 11 is 0. The molecule has 0 spiro atoms. The Morgan fingerprint density at radius 1 is 1.43 bits per heavy atom. The van der Waals surface area contributed by atoms with Crippen molar-refractivity contribution in [3.05, 3.63) is 48.0 Å². The average molecular weight is 289 g/mol. The molecule has 2 heterocycles. The SMILES string of the molecule is O=C(NCC1CCCO1)c1cnn(-c2ccc(F)cc2)c1. The average Bonchev–Trinajstić information content (AvgIpc) is 3.17. The lowest BCUT2D eigenvalue weighted by atomic mass is 10.2. The third kappa shape index (κ3) is 3.28. The zero-order valence-corrected chi connectivity index (χ0v) is 11.5. The Labute approximate surface area is 121 Å². The van der Waals surface area contributed by atoms with Gasteiger partial charge < -0.3 is 10.1 Å². The van der Waals surface area contributed by atoms with Crippen LogP contribution >= 0.6 is 0 Å². The van der Waals surface area contributed by atoms with Crippen molar-refractivity contribution in [1.29, 1.82) is 0 Å². The second-order valence-electron chi connectivity index (χ2n) is 5.00. The van der Waals surface area contributed by atoms with E-state index in [4.69, 9.17) is 4.74 Å². The molecule has 0 radical (unpaired) electrons. The third-order valence-electron chi connectivity index (χ3n) is 3.45. The Morgan fingerprint density at radius 2 is 2.24 bits per heavy atom. The molecule has 0 bridgehead atoms. The summed E-state index contributed by atoms with van der Waals surface area (Å²) in [6.45, 7) is 1.28. The maximum atomic E-state index is 12.9. The number of rotatable bonds is 4. The highest BCUT2D eigenvalue weighted by atomic mass is 19.1. The normalized spacial score (nSPS) is 17.9. The molecule has 1 unspecified atom stereocenters. The van der Waals surface area contributed by atoms with E-state index < -0.39 is 0 Å². The van der Waals surface area contributed by atoms with E-state index in [1.165, 1.54) is 18.3 Å². The molecular formula is C15H16FN3O2. The van der Waals surface area contributed by atoms with Gasteiger partial charge in [0.2, 0.25) is 0 Å². The van der Waals surface area contributed by atoms with Gasteiger partial charge in [-0.25, -0.2) is 9.07 Å². The number of benzene rings is 1. The fraction of sp³-hybridized carbons (Fsp3) is 0.333. The van der Waals surface area contributed by atoms with Crippen LogP contribution in [0.3, 0.4) is 0 Å². The van der Waals surface area contributed by atoms with Gasteiger partial charge in [-0.05, 0) is 37.1 Å². The van der Waals surface area contributed by atoms with Gasteiger partial charge in [-0.15, -0.1) is 0 Å². The van der Waals surface area contributed by atoms with Crippen LogP contribution in [-0.4, -0.2) is 34.9 Å². The molecule has 1 saturated heterocycles. The molecule has 6 heteroatoms. The Morgan fingerprint density at radius 3 is 2.95 bits per heavy atom. The summed E-state index contributed by atoms with van der Waals surface area (Å²) in [5, 5.41) is 6.96. The van der Waals surface area contributed by atoms with Gasteiger partial charge in [-0.3, -0.25) is 4.79 Å². The molecule has 1 N–H and O–H groups in total. The van der Waals surface area contributed by atoms with Gasteiger partial charge >= 0.3 is 0 Å². The number of amides is 1. The number of nitrogens with one attached hydrogen (secondary N) is 1. The molecule has 1 amide bonds. The van der Waals surface area contributed by atoms with E-state index in [0.29, 0.717) is 17.8 Å². The van der Waals surface area contributed by atoms with Gasteiger partial charge in [0.05, 0.1) is 23.6 Å². The number of hydrogen-bond acceptors (Lipinski definition) is 3. The van der Waals surface area contributed by atoms with Crippen LogP contribution in [0.15, 0.2) is 36.7 Å². The van der Waals surface area contributed by atoms with Gasteiger partial charge in [-0.1, -0.05) is 0 Å². The predicted octanol–water partition coefficient (Wildman–Crippen LogP) is 1.92. The van der Waals surface area contributed by atoms with Crippen molar-refractivity contribution in [3.63, 3.8) is 0 Å². The van der Waals surface area contributed by atoms with Crippen LogP contribution in [0, 0.1) is 5.82 Å². The molecule has 1 aliphatic rings. The van der Waals surface area contributed by atoms with Crippen molar-refractivity contribution in [2.24, 2.45) is 0 Å². The smallest absolute Gasteiger partial charge is 0.254 e. The van der Waals surface area contributed by atoms with Gasteiger partial charge in [0.15, 0.2) is 0 Å². The van der Waals surface area contributed by atoms with Crippen molar-refractivity contribution in [2.45, 2.75) is 18.9 Å². The highest BCUT2D eigenvalue weighted by Crippen LogP contribution is 2.12. The molecule has 5 nitrogen and oxygen atoms in total. The molecule has 1 aromatic heterocycles. The zero-order chi connectivity index (χ0) is 14.7. The van der Waals surface area contributed by atoms with Crippen molar-refractivity contribution < 1.29 is 13.9 Å². The number of halogens is 1. The van der Waals surface area contributed by atoms with E-state index in [-0.39, 0.29) is 17.8 Å². The zero-order valence-electron chi connectivity index (χ0n) is 11.5. The number of nitrogens with zero attached hydrogens (tertiary/aromatic N) is 2. The molecular weight excluding hydrogens is 273 g/mol. The van der Waals surface area contributed by atoms with Crippen molar-refractivity contribution in [3.8, 4) is 5.69 Å². The molecule has 1 fully saturated rings. The van der Waals surface area contributed by atoms with E-state index in [1.54, 1.807) is 23.0 Å². The van der Waals surface area contributed by atoms with Crippen LogP contribution in [0.25, 0.3) is 5.69 Å². The van der Waals surface area contributed by atoms with Crippen LogP contribution in [0.5, 0.6) is 0 Å². The molecule has 21 heavy (non-hydrogen) atoms. The minimum absolute atomic E-state index is 0.112. The van der Waals surface area contributed by atoms with E-state index in [0.717, 1.165) is 19.4 Å². The van der Waals surface area contributed by atoms with Crippen LogP contribution in [0.4, 0.5) is 4.39 Å². The fourth-order valence-electron chi connectivity index (χ4n) is 2.29. The minimum Gasteiger partial charge on any atom is -0.376 e. The van der Waals surface area contributed by atoms with Crippen molar-refractivity contribution in [2.75, 3.05) is 13.2 Å². The molecule has 0 aliphatic carbocycles. The molecule has 1 aliphatic heterocycles. The Kier molecular flexibility index (Phi) is 3.96. The maximum absolute atomic E-state index is 12.9. The number of hydrogen-bond donors (Lipinski definition) is 1. The maximum Gasteiger partial charge on any atom is 0.254 e. The lowest BCUT2D eigenvalue weighted by Gasteiger charge is -2.09. The summed E-state index contributed by atoms with van der Waals surface area (Å²) in [4.78, 5) is 12.0. The van der Waals surface area contributed by atoms with Crippen LogP contribution in [0.1, 0.15) is 23.2 Å². The molecule has 110 valence electrons. The highest BCUT2D eigenvalue weighted by molar-refractivity contribution is 5.93. The van der Waals surface area contributed by atoms with E-state index in [2.05, 4.69) is 10.4 Å². The predicted molar refractivity (Wildman–Crippen MR) is 74.8 cm³/mol. The highest BCUT2D eigenvalue weighted by Gasteiger charge is 2.17. The third-order valence-corrected chi connectivity index (χ3v) is 3.45. The molecule has 0 saturated carbocycles. The van der Waals surface area contributed by atoms with E-state index in [9.17, 15) is 9.18 Å². The standard InChI is InChI=1S/C15H16FN3O2/c16-12-3-5-13(6-4-12)19-10-11(8-18-19)15(20)17-9-14-2-1-7-21-14/h3-6,8,10,14H,1-2,7,9H2,(H,17,20). The molecule has 1 atom stereocenters. The molecule has 1 aromatic carbocycles. The first-order valence-corrected chi connectivity index (χ1v) is 6.93. The topological polar surface area (TPSA) is 56.1 Å². The second-order valence-corrected chi connectivity index (χ2v) is 5.00.